The first-order valence-corrected chi connectivity index (χ1v) is 9.16. The van der Waals surface area contributed by atoms with Crippen molar-refractivity contribution in [3.8, 4) is 5.75 Å². The normalized spacial score (nSPS) is 16.7. The molecule has 2 N–H and O–H groups in total. The number of rotatable bonds is 6. The average Bonchev–Trinajstić information content (AvgIpc) is 2.48. The number of hydrogen-bond acceptors (Lipinski definition) is 3. The van der Waals surface area contributed by atoms with Crippen LogP contribution in [0.25, 0.3) is 0 Å². The second-order valence-electron chi connectivity index (χ2n) is 5.50. The third-order valence-electron chi connectivity index (χ3n) is 3.79. The molecule has 116 valence electrons. The summed E-state index contributed by atoms with van der Waals surface area (Å²) in [6, 6.07) is 4.40. The van der Waals surface area contributed by atoms with Crippen LogP contribution in [0, 0.1) is 0 Å². The number of hydrogen-bond donors (Lipinski definition) is 2. The summed E-state index contributed by atoms with van der Waals surface area (Å²) in [7, 11) is 0. The van der Waals surface area contributed by atoms with Gasteiger partial charge in [-0.15, -0.1) is 0 Å². The molecule has 0 atom stereocenters. The van der Waals surface area contributed by atoms with Crippen LogP contribution in [-0.4, -0.2) is 30.5 Å². The Morgan fingerprint density at radius 3 is 2.76 bits per heavy atom. The molecular weight excluding hydrogens is 396 g/mol. The number of halogens is 2. The van der Waals surface area contributed by atoms with Crippen LogP contribution < -0.4 is 5.32 Å². The molecule has 1 aliphatic carbocycles. The molecule has 1 aromatic carbocycles. The summed E-state index contributed by atoms with van der Waals surface area (Å²) in [5.41, 5.74) is 0.733. The van der Waals surface area contributed by atoms with E-state index in [1.165, 1.54) is 32.1 Å². The topological polar surface area (TPSA) is 44.6 Å². The van der Waals surface area contributed by atoms with Gasteiger partial charge in [-0.1, -0.05) is 35.2 Å². The molecule has 0 amide bonds. The van der Waals surface area contributed by atoms with E-state index in [2.05, 4.69) is 42.2 Å². The molecule has 0 saturated heterocycles. The van der Waals surface area contributed by atoms with Crippen molar-refractivity contribution in [3.63, 3.8) is 0 Å². The van der Waals surface area contributed by atoms with Crippen LogP contribution >= 0.6 is 31.9 Å². The molecule has 0 bridgehead atoms. The van der Waals surface area contributed by atoms with Crippen molar-refractivity contribution in [2.75, 3.05) is 13.1 Å². The minimum absolute atomic E-state index is 0.238. The lowest BCUT2D eigenvalue weighted by molar-refractivity contribution is 0.373. The molecule has 0 aliphatic heterocycles. The molecule has 1 aromatic rings. The molecule has 1 aliphatic rings. The Kier molecular flexibility index (Phi) is 7.20. The first kappa shape index (κ1) is 17.0. The molecule has 1 saturated carbocycles. The first-order chi connectivity index (χ1) is 10.2. The van der Waals surface area contributed by atoms with Gasteiger partial charge >= 0.3 is 0 Å². The lowest BCUT2D eigenvalue weighted by Crippen LogP contribution is -2.31. The van der Waals surface area contributed by atoms with Gasteiger partial charge in [-0.25, -0.2) is 0 Å². The fraction of sp³-hybridized carbons (Fsp3) is 0.562. The van der Waals surface area contributed by atoms with Gasteiger partial charge in [-0.2, -0.15) is 0 Å². The third kappa shape index (κ3) is 5.72. The lowest BCUT2D eigenvalue weighted by atomic mass is 9.95. The number of nitrogens with zero attached hydrogens (tertiary/aromatic N) is 1. The van der Waals surface area contributed by atoms with E-state index in [4.69, 9.17) is 0 Å². The number of phenols is 1. The zero-order chi connectivity index (χ0) is 15.1. The van der Waals surface area contributed by atoms with Gasteiger partial charge in [0.15, 0.2) is 0 Å². The van der Waals surface area contributed by atoms with E-state index in [-0.39, 0.29) is 5.75 Å². The zero-order valence-corrected chi connectivity index (χ0v) is 15.3. The standard InChI is InChI=1S/C16H22Br2N2O/c17-13-9-12(16(21)15(18)10-13)11-19-7-4-8-20-14-5-2-1-3-6-14/h9-11,14,20-21H,1-8H2. The van der Waals surface area contributed by atoms with Crippen LogP contribution in [0.4, 0.5) is 0 Å². The van der Waals surface area contributed by atoms with Crippen LogP contribution in [-0.2, 0) is 0 Å². The quantitative estimate of drug-likeness (QED) is 0.522. The zero-order valence-electron chi connectivity index (χ0n) is 12.1. The van der Waals surface area contributed by atoms with Gasteiger partial charge in [-0.05, 0) is 53.9 Å². The maximum atomic E-state index is 9.92. The molecule has 0 heterocycles. The minimum Gasteiger partial charge on any atom is -0.506 e. The van der Waals surface area contributed by atoms with Crippen LogP contribution in [0.15, 0.2) is 26.1 Å². The van der Waals surface area contributed by atoms with Crippen LogP contribution in [0.5, 0.6) is 5.75 Å². The van der Waals surface area contributed by atoms with E-state index in [0.29, 0.717) is 10.5 Å². The summed E-state index contributed by atoms with van der Waals surface area (Å²) in [6.45, 7) is 1.81. The monoisotopic (exact) mass is 416 g/mol. The fourth-order valence-corrected chi connectivity index (χ4v) is 3.89. The molecule has 0 spiro atoms. The average molecular weight is 418 g/mol. The van der Waals surface area contributed by atoms with Crippen LogP contribution in [0.1, 0.15) is 44.1 Å². The Morgan fingerprint density at radius 1 is 1.24 bits per heavy atom. The first-order valence-electron chi connectivity index (χ1n) is 7.58. The molecule has 2 rings (SSSR count). The molecule has 0 aromatic heterocycles. The Bertz CT molecular complexity index is 485. The highest BCUT2D eigenvalue weighted by Gasteiger charge is 2.11. The predicted molar refractivity (Wildman–Crippen MR) is 95.5 cm³/mol. The van der Waals surface area contributed by atoms with Gasteiger partial charge in [0.25, 0.3) is 0 Å². The van der Waals surface area contributed by atoms with Gasteiger partial charge in [-0.3, -0.25) is 4.99 Å². The van der Waals surface area contributed by atoms with Gasteiger partial charge < -0.3 is 10.4 Å². The SMILES string of the molecule is Oc1c(Br)cc(Br)cc1C=NCCCNC1CCCCC1. The molecule has 0 unspecified atom stereocenters. The molecule has 21 heavy (non-hydrogen) atoms. The maximum Gasteiger partial charge on any atom is 0.138 e. The van der Waals surface area contributed by atoms with Crippen molar-refractivity contribution >= 4 is 38.1 Å². The second kappa shape index (κ2) is 8.91. The third-order valence-corrected chi connectivity index (χ3v) is 4.85. The van der Waals surface area contributed by atoms with Gasteiger partial charge in [0.05, 0.1) is 4.47 Å². The number of aliphatic imine (C=N–C) groups is 1. The molecule has 3 nitrogen and oxygen atoms in total. The number of aromatic hydroxyl groups is 1. The highest BCUT2D eigenvalue weighted by Crippen LogP contribution is 2.30. The summed E-state index contributed by atoms with van der Waals surface area (Å²) < 4.78 is 1.60. The van der Waals surface area contributed by atoms with Crippen molar-refractivity contribution in [1.29, 1.82) is 0 Å². The van der Waals surface area contributed by atoms with Crippen molar-refractivity contribution in [2.24, 2.45) is 4.99 Å². The molecule has 5 heteroatoms. The Labute approximate surface area is 143 Å². The minimum atomic E-state index is 0.238. The van der Waals surface area contributed by atoms with Gasteiger partial charge in [0.2, 0.25) is 0 Å². The number of nitrogens with one attached hydrogen (secondary N) is 1. The summed E-state index contributed by atoms with van der Waals surface area (Å²) in [5, 5.41) is 13.5. The summed E-state index contributed by atoms with van der Waals surface area (Å²) in [4.78, 5) is 4.40. The van der Waals surface area contributed by atoms with Crippen molar-refractivity contribution in [1.82, 2.24) is 5.32 Å². The van der Waals surface area contributed by atoms with Gasteiger partial charge in [0.1, 0.15) is 5.75 Å². The van der Waals surface area contributed by atoms with Crippen molar-refractivity contribution < 1.29 is 5.11 Å². The van der Waals surface area contributed by atoms with Crippen LogP contribution in [0.3, 0.4) is 0 Å². The van der Waals surface area contributed by atoms with E-state index in [1.807, 2.05) is 12.1 Å². The molecular formula is C16H22Br2N2O. The molecule has 0 radical (unpaired) electrons. The van der Waals surface area contributed by atoms with Crippen molar-refractivity contribution in [3.05, 3.63) is 26.6 Å². The summed E-state index contributed by atoms with van der Waals surface area (Å²) in [6.07, 6.45) is 9.55. The highest BCUT2D eigenvalue weighted by atomic mass is 79.9. The Morgan fingerprint density at radius 2 is 2.00 bits per heavy atom. The smallest absolute Gasteiger partial charge is 0.138 e. The summed E-state index contributed by atoms with van der Waals surface area (Å²) >= 11 is 6.74. The van der Waals surface area contributed by atoms with E-state index >= 15 is 0 Å². The second-order valence-corrected chi connectivity index (χ2v) is 7.27. The fourth-order valence-electron chi connectivity index (χ4n) is 2.63. The van der Waals surface area contributed by atoms with E-state index in [1.54, 1.807) is 6.21 Å². The predicted octanol–water partition coefficient (Wildman–Crippen LogP) is 4.65. The van der Waals surface area contributed by atoms with Gasteiger partial charge in [0, 0.05) is 28.8 Å². The molecule has 1 fully saturated rings. The largest absolute Gasteiger partial charge is 0.506 e. The number of phenolic OH excluding ortho intramolecular Hbond substituents is 1. The van der Waals surface area contributed by atoms with E-state index in [0.717, 1.165) is 29.5 Å². The number of benzene rings is 1. The summed E-state index contributed by atoms with van der Waals surface area (Å²) in [5.74, 6) is 0.238. The Balaban J connectivity index is 1.70. The highest BCUT2D eigenvalue weighted by molar-refractivity contribution is 9.11. The Hall–Kier alpha value is -0.390. The van der Waals surface area contributed by atoms with Crippen molar-refractivity contribution in [2.45, 2.75) is 44.6 Å². The maximum absolute atomic E-state index is 9.92. The van der Waals surface area contributed by atoms with Crippen LogP contribution in [0.2, 0.25) is 0 Å². The lowest BCUT2D eigenvalue weighted by Gasteiger charge is -2.22. The van der Waals surface area contributed by atoms with E-state index < -0.39 is 0 Å². The van der Waals surface area contributed by atoms with E-state index in [9.17, 15) is 5.11 Å².